The standard InChI is InChI=1S/C34H58O4/c1-4-7-10-13-16-19-22-28-37-33(35)31-27-24-26-30(25-21-18-15-12-9-6-3)32(31)34(36)38-29-23-20-17-14-11-8-5-2/h24,26-27H,4-23,25,28-29H2,1-3H3. The van der Waals surface area contributed by atoms with Gasteiger partial charge in [0.15, 0.2) is 0 Å². The third-order valence-corrected chi connectivity index (χ3v) is 7.34. The summed E-state index contributed by atoms with van der Waals surface area (Å²) in [6.45, 7) is 7.49. The molecule has 4 nitrogen and oxygen atoms in total. The molecule has 0 saturated heterocycles. The average Bonchev–Trinajstić information content (AvgIpc) is 2.93. The van der Waals surface area contributed by atoms with Crippen LogP contribution in [0.1, 0.15) is 175 Å². The van der Waals surface area contributed by atoms with Gasteiger partial charge in [0.25, 0.3) is 0 Å². The van der Waals surface area contributed by atoms with Crippen LogP contribution in [0, 0.1) is 0 Å². The molecule has 0 bridgehead atoms. The van der Waals surface area contributed by atoms with Crippen LogP contribution in [0.15, 0.2) is 18.2 Å². The van der Waals surface area contributed by atoms with Gasteiger partial charge in [-0.3, -0.25) is 0 Å². The van der Waals surface area contributed by atoms with Crippen molar-refractivity contribution in [3.8, 4) is 0 Å². The molecule has 0 aliphatic carbocycles. The molecule has 0 fully saturated rings. The van der Waals surface area contributed by atoms with Crippen molar-refractivity contribution < 1.29 is 19.1 Å². The Kier molecular flexibility index (Phi) is 21.8. The van der Waals surface area contributed by atoms with Gasteiger partial charge in [0, 0.05) is 0 Å². The molecule has 0 saturated carbocycles. The number of rotatable bonds is 25. The minimum absolute atomic E-state index is 0.362. The van der Waals surface area contributed by atoms with E-state index in [4.69, 9.17) is 9.47 Å². The van der Waals surface area contributed by atoms with E-state index in [-0.39, 0.29) is 5.97 Å². The molecular formula is C34H58O4. The van der Waals surface area contributed by atoms with Gasteiger partial charge in [-0.25, -0.2) is 9.59 Å². The van der Waals surface area contributed by atoms with Crippen LogP contribution in [0.5, 0.6) is 0 Å². The molecule has 0 unspecified atom stereocenters. The zero-order valence-electron chi connectivity index (χ0n) is 25.1. The highest BCUT2D eigenvalue weighted by atomic mass is 16.5. The summed E-state index contributed by atoms with van der Waals surface area (Å²) in [5, 5.41) is 0. The highest BCUT2D eigenvalue weighted by molar-refractivity contribution is 6.04. The second-order valence-corrected chi connectivity index (χ2v) is 10.9. The lowest BCUT2D eigenvalue weighted by Gasteiger charge is -2.14. The van der Waals surface area contributed by atoms with Crippen molar-refractivity contribution >= 4 is 11.9 Å². The van der Waals surface area contributed by atoms with Gasteiger partial charge < -0.3 is 9.47 Å². The van der Waals surface area contributed by atoms with E-state index < -0.39 is 5.97 Å². The Hall–Kier alpha value is -1.84. The van der Waals surface area contributed by atoms with E-state index in [1.54, 1.807) is 6.07 Å². The van der Waals surface area contributed by atoms with Crippen molar-refractivity contribution in [1.29, 1.82) is 0 Å². The maximum atomic E-state index is 13.2. The van der Waals surface area contributed by atoms with E-state index in [0.717, 1.165) is 50.5 Å². The van der Waals surface area contributed by atoms with E-state index in [1.165, 1.54) is 89.9 Å². The van der Waals surface area contributed by atoms with Crippen molar-refractivity contribution in [3.05, 3.63) is 34.9 Å². The number of benzene rings is 1. The van der Waals surface area contributed by atoms with Crippen molar-refractivity contribution in [3.63, 3.8) is 0 Å². The first-order valence-corrected chi connectivity index (χ1v) is 16.1. The van der Waals surface area contributed by atoms with Gasteiger partial charge in [-0.05, 0) is 37.3 Å². The minimum atomic E-state index is -0.399. The largest absolute Gasteiger partial charge is 0.462 e. The Morgan fingerprint density at radius 1 is 0.526 bits per heavy atom. The maximum absolute atomic E-state index is 13.2. The number of hydrogen-bond acceptors (Lipinski definition) is 4. The van der Waals surface area contributed by atoms with Gasteiger partial charge in [-0.1, -0.05) is 142 Å². The molecule has 0 amide bonds. The molecule has 0 radical (unpaired) electrons. The van der Waals surface area contributed by atoms with Gasteiger partial charge in [-0.15, -0.1) is 0 Å². The highest BCUT2D eigenvalue weighted by Crippen LogP contribution is 2.21. The number of carbonyl (C=O) groups excluding carboxylic acids is 2. The molecule has 4 heteroatoms. The summed E-state index contributed by atoms with van der Waals surface area (Å²) < 4.78 is 11.3. The van der Waals surface area contributed by atoms with Crippen LogP contribution >= 0.6 is 0 Å². The number of unbranched alkanes of at least 4 members (excludes halogenated alkanes) is 17. The fourth-order valence-corrected chi connectivity index (χ4v) is 4.91. The molecular weight excluding hydrogens is 472 g/mol. The van der Waals surface area contributed by atoms with Gasteiger partial charge in [-0.2, -0.15) is 0 Å². The topological polar surface area (TPSA) is 52.6 Å². The van der Waals surface area contributed by atoms with E-state index >= 15 is 0 Å². The Bertz CT molecular complexity index is 727. The molecule has 1 aromatic rings. The first kappa shape index (κ1) is 34.2. The lowest BCUT2D eigenvalue weighted by Crippen LogP contribution is -2.17. The molecule has 0 spiro atoms. The first-order valence-electron chi connectivity index (χ1n) is 16.1. The quantitative estimate of drug-likeness (QED) is 0.0931. The zero-order valence-corrected chi connectivity index (χ0v) is 25.1. The van der Waals surface area contributed by atoms with Gasteiger partial charge >= 0.3 is 11.9 Å². The lowest BCUT2D eigenvalue weighted by molar-refractivity contribution is 0.0449. The predicted octanol–water partition coefficient (Wildman–Crippen LogP) is 10.4. The summed E-state index contributed by atoms with van der Waals surface area (Å²) in [6, 6.07) is 5.58. The highest BCUT2D eigenvalue weighted by Gasteiger charge is 2.23. The third-order valence-electron chi connectivity index (χ3n) is 7.34. The Morgan fingerprint density at radius 3 is 1.45 bits per heavy atom. The molecule has 0 atom stereocenters. The summed E-state index contributed by atoms with van der Waals surface area (Å²) >= 11 is 0. The number of carbonyl (C=O) groups is 2. The molecule has 0 aliphatic rings. The maximum Gasteiger partial charge on any atom is 0.339 e. The summed E-state index contributed by atoms with van der Waals surface area (Å²) in [4.78, 5) is 26.2. The third kappa shape index (κ3) is 16.2. The summed E-state index contributed by atoms with van der Waals surface area (Å²) in [5.41, 5.74) is 1.70. The number of ether oxygens (including phenoxy) is 2. The average molecular weight is 531 g/mol. The van der Waals surface area contributed by atoms with Crippen molar-refractivity contribution in [2.24, 2.45) is 0 Å². The molecule has 0 aliphatic heterocycles. The molecule has 0 heterocycles. The van der Waals surface area contributed by atoms with Gasteiger partial charge in [0.1, 0.15) is 0 Å². The van der Waals surface area contributed by atoms with Crippen LogP contribution in [0.2, 0.25) is 0 Å². The normalized spacial score (nSPS) is 11.0. The van der Waals surface area contributed by atoms with Crippen LogP contribution in [-0.4, -0.2) is 25.2 Å². The van der Waals surface area contributed by atoms with E-state index in [1.807, 2.05) is 12.1 Å². The SMILES string of the molecule is CCCCCCCCCOC(=O)c1cccc(CCCCCCCC)c1C(=O)OCCCCCCCCC. The summed E-state index contributed by atoms with van der Waals surface area (Å²) in [5.74, 6) is -0.774. The summed E-state index contributed by atoms with van der Waals surface area (Å²) in [7, 11) is 0. The lowest BCUT2D eigenvalue weighted by atomic mass is 9.96. The minimum Gasteiger partial charge on any atom is -0.462 e. The molecule has 38 heavy (non-hydrogen) atoms. The van der Waals surface area contributed by atoms with Gasteiger partial charge in [0.05, 0.1) is 24.3 Å². The first-order chi connectivity index (χ1) is 18.7. The fourth-order valence-electron chi connectivity index (χ4n) is 4.91. The molecule has 1 aromatic carbocycles. The van der Waals surface area contributed by atoms with Crippen LogP contribution < -0.4 is 0 Å². The smallest absolute Gasteiger partial charge is 0.339 e. The van der Waals surface area contributed by atoms with Gasteiger partial charge in [0.2, 0.25) is 0 Å². The molecule has 0 aromatic heterocycles. The van der Waals surface area contributed by atoms with Crippen LogP contribution in [0.4, 0.5) is 0 Å². The van der Waals surface area contributed by atoms with Crippen LogP contribution in [-0.2, 0) is 15.9 Å². The predicted molar refractivity (Wildman–Crippen MR) is 160 cm³/mol. The Balaban J connectivity index is 2.67. The number of hydrogen-bond donors (Lipinski definition) is 0. The van der Waals surface area contributed by atoms with Crippen LogP contribution in [0.3, 0.4) is 0 Å². The van der Waals surface area contributed by atoms with Crippen molar-refractivity contribution in [2.45, 2.75) is 156 Å². The summed E-state index contributed by atoms with van der Waals surface area (Å²) in [6.07, 6.45) is 24.3. The van der Waals surface area contributed by atoms with E-state index in [2.05, 4.69) is 20.8 Å². The Morgan fingerprint density at radius 2 is 0.947 bits per heavy atom. The van der Waals surface area contributed by atoms with Crippen LogP contribution in [0.25, 0.3) is 0 Å². The fraction of sp³-hybridized carbons (Fsp3) is 0.765. The zero-order chi connectivity index (χ0) is 27.7. The second-order valence-electron chi connectivity index (χ2n) is 10.9. The van der Waals surface area contributed by atoms with E-state index in [9.17, 15) is 9.59 Å². The monoisotopic (exact) mass is 530 g/mol. The van der Waals surface area contributed by atoms with Crippen molar-refractivity contribution in [2.75, 3.05) is 13.2 Å². The molecule has 0 N–H and O–H groups in total. The number of aryl methyl sites for hydroxylation is 1. The van der Waals surface area contributed by atoms with Crippen molar-refractivity contribution in [1.82, 2.24) is 0 Å². The molecule has 218 valence electrons. The van der Waals surface area contributed by atoms with E-state index in [0.29, 0.717) is 24.3 Å². The molecule has 1 rings (SSSR count). The second kappa shape index (κ2) is 24.2. The Labute approximate surface area is 234 Å². The number of esters is 2.